The quantitative estimate of drug-likeness (QED) is 0.504. The lowest BCUT2D eigenvalue weighted by atomic mass is 10.2. The summed E-state index contributed by atoms with van der Waals surface area (Å²) in [7, 11) is -4.95. The lowest BCUT2D eigenvalue weighted by Crippen LogP contribution is -2.23. The highest BCUT2D eigenvalue weighted by Crippen LogP contribution is 2.41. The van der Waals surface area contributed by atoms with Crippen LogP contribution in [0, 0.1) is 10.1 Å². The Balaban J connectivity index is 3.79. The van der Waals surface area contributed by atoms with Crippen LogP contribution in [0.25, 0.3) is 0 Å². The molecule has 14 heteroatoms. The van der Waals surface area contributed by atoms with Gasteiger partial charge in [-0.15, -0.1) is 13.2 Å². The summed E-state index contributed by atoms with van der Waals surface area (Å²) in [5, 5.41) is 15.0. The van der Waals surface area contributed by atoms with Gasteiger partial charge in [0.05, 0.1) is 0 Å². The zero-order valence-corrected chi connectivity index (χ0v) is 10.3. The SMILES string of the molecule is NS(=O)(=O)c1cnc([N+](=O)[O-])c(C(F)F)c1OC(F)(F)F. The van der Waals surface area contributed by atoms with Gasteiger partial charge in [-0.25, -0.2) is 22.3 Å². The third kappa shape index (κ3) is 3.94. The number of nitrogens with zero attached hydrogens (tertiary/aromatic N) is 2. The first kappa shape index (κ1) is 17.0. The van der Waals surface area contributed by atoms with Crippen molar-refractivity contribution in [1.29, 1.82) is 0 Å². The van der Waals surface area contributed by atoms with Gasteiger partial charge in [0.15, 0.2) is 22.4 Å². The summed E-state index contributed by atoms with van der Waals surface area (Å²) in [5.41, 5.74) is -1.94. The number of nitrogens with two attached hydrogens (primary N) is 1. The Morgan fingerprint density at radius 3 is 2.24 bits per heavy atom. The average molecular weight is 337 g/mol. The summed E-state index contributed by atoms with van der Waals surface area (Å²) in [4.78, 5) is 10.2. The molecule has 0 aliphatic heterocycles. The first-order valence-electron chi connectivity index (χ1n) is 4.58. The summed E-state index contributed by atoms with van der Waals surface area (Å²) in [6, 6.07) is 0. The van der Waals surface area contributed by atoms with Crippen LogP contribution >= 0.6 is 0 Å². The number of alkyl halides is 5. The van der Waals surface area contributed by atoms with Gasteiger partial charge in [-0.3, -0.25) is 0 Å². The van der Waals surface area contributed by atoms with Crippen molar-refractivity contribution in [3.63, 3.8) is 0 Å². The summed E-state index contributed by atoms with van der Waals surface area (Å²) >= 11 is 0. The largest absolute Gasteiger partial charge is 0.573 e. The number of primary sulfonamides is 1. The second kappa shape index (κ2) is 5.36. The van der Waals surface area contributed by atoms with Crippen molar-refractivity contribution in [3.05, 3.63) is 21.9 Å². The van der Waals surface area contributed by atoms with Crippen molar-refractivity contribution in [2.75, 3.05) is 0 Å². The fraction of sp³-hybridized carbons (Fsp3) is 0.286. The molecule has 0 atom stereocenters. The van der Waals surface area contributed by atoms with Gasteiger partial charge in [0, 0.05) is 0 Å². The summed E-state index contributed by atoms with van der Waals surface area (Å²) < 4.78 is 87.4. The molecule has 0 unspecified atom stereocenters. The molecule has 0 aliphatic carbocycles. The molecular formula is C7H4F5N3O5S. The van der Waals surface area contributed by atoms with Crippen LogP contribution in [0.4, 0.5) is 27.8 Å². The van der Waals surface area contributed by atoms with E-state index in [9.17, 15) is 40.5 Å². The van der Waals surface area contributed by atoms with E-state index >= 15 is 0 Å². The van der Waals surface area contributed by atoms with Crippen LogP contribution in [0.1, 0.15) is 12.0 Å². The van der Waals surface area contributed by atoms with Crippen LogP contribution < -0.4 is 9.88 Å². The Hall–Kier alpha value is -2.09. The molecule has 118 valence electrons. The minimum absolute atomic E-state index is 0.0282. The van der Waals surface area contributed by atoms with Crippen LogP contribution in [-0.4, -0.2) is 24.7 Å². The first-order valence-corrected chi connectivity index (χ1v) is 6.13. The molecule has 0 amide bonds. The van der Waals surface area contributed by atoms with Crippen LogP contribution in [0.5, 0.6) is 5.75 Å². The number of rotatable bonds is 4. The van der Waals surface area contributed by atoms with E-state index in [4.69, 9.17) is 0 Å². The molecule has 0 fully saturated rings. The fourth-order valence-corrected chi connectivity index (χ4v) is 1.86. The maximum Gasteiger partial charge on any atom is 0.573 e. The number of aromatic nitrogens is 1. The summed E-state index contributed by atoms with van der Waals surface area (Å²) in [5.74, 6) is -3.67. The molecule has 0 saturated carbocycles. The molecule has 1 heterocycles. The van der Waals surface area contributed by atoms with E-state index in [-0.39, 0.29) is 6.20 Å². The summed E-state index contributed by atoms with van der Waals surface area (Å²) in [6.45, 7) is 0. The fourth-order valence-electron chi connectivity index (χ4n) is 1.25. The zero-order valence-electron chi connectivity index (χ0n) is 9.47. The Morgan fingerprint density at radius 1 is 1.38 bits per heavy atom. The molecule has 8 nitrogen and oxygen atoms in total. The Morgan fingerprint density at radius 2 is 1.90 bits per heavy atom. The molecule has 21 heavy (non-hydrogen) atoms. The highest BCUT2D eigenvalue weighted by atomic mass is 32.2. The Labute approximate surface area is 112 Å². The highest BCUT2D eigenvalue weighted by Gasteiger charge is 2.41. The van der Waals surface area contributed by atoms with Gasteiger partial charge in [-0.05, 0) is 9.91 Å². The predicted molar refractivity (Wildman–Crippen MR) is 53.9 cm³/mol. The maximum absolute atomic E-state index is 12.8. The van der Waals surface area contributed by atoms with Gasteiger partial charge in [0.2, 0.25) is 10.0 Å². The molecule has 0 radical (unpaired) electrons. The van der Waals surface area contributed by atoms with Crippen LogP contribution in [0.2, 0.25) is 0 Å². The topological polar surface area (TPSA) is 125 Å². The molecule has 0 aliphatic rings. The zero-order chi connectivity index (χ0) is 16.6. The lowest BCUT2D eigenvalue weighted by molar-refractivity contribution is -0.391. The van der Waals surface area contributed by atoms with Crippen molar-refractivity contribution in [1.82, 2.24) is 4.98 Å². The molecule has 1 rings (SSSR count). The van der Waals surface area contributed by atoms with Crippen molar-refractivity contribution < 1.29 is 40.0 Å². The van der Waals surface area contributed by atoms with Gasteiger partial charge in [0.25, 0.3) is 6.43 Å². The van der Waals surface area contributed by atoms with Gasteiger partial charge in [-0.1, -0.05) is 0 Å². The van der Waals surface area contributed by atoms with E-state index in [0.29, 0.717) is 0 Å². The molecule has 2 N–H and O–H groups in total. The lowest BCUT2D eigenvalue weighted by Gasteiger charge is -2.14. The average Bonchev–Trinajstić information content (AvgIpc) is 2.23. The molecule has 1 aromatic rings. The second-order valence-electron chi connectivity index (χ2n) is 3.34. The van der Waals surface area contributed by atoms with E-state index in [1.165, 1.54) is 0 Å². The predicted octanol–water partition coefficient (Wildman–Crippen LogP) is 1.47. The molecule has 0 saturated heterocycles. The third-order valence-corrected chi connectivity index (χ3v) is 2.83. The number of ether oxygens (including phenoxy) is 1. The Bertz CT molecular complexity index is 674. The van der Waals surface area contributed by atoms with Crippen LogP contribution in [0.15, 0.2) is 11.1 Å². The summed E-state index contributed by atoms with van der Waals surface area (Å²) in [6.07, 6.45) is -9.42. The molecular weight excluding hydrogens is 333 g/mol. The van der Waals surface area contributed by atoms with Gasteiger partial charge < -0.3 is 14.9 Å². The number of sulfonamides is 1. The van der Waals surface area contributed by atoms with E-state index in [0.717, 1.165) is 0 Å². The number of halogens is 5. The van der Waals surface area contributed by atoms with Gasteiger partial charge in [0.1, 0.15) is 0 Å². The van der Waals surface area contributed by atoms with Crippen molar-refractivity contribution >= 4 is 15.8 Å². The van der Waals surface area contributed by atoms with Gasteiger partial charge in [-0.2, -0.15) is 0 Å². The molecule has 0 aromatic carbocycles. The smallest absolute Gasteiger partial charge is 0.403 e. The minimum Gasteiger partial charge on any atom is -0.403 e. The van der Waals surface area contributed by atoms with Crippen molar-refractivity contribution in [3.8, 4) is 5.75 Å². The normalized spacial score (nSPS) is 12.5. The first-order chi connectivity index (χ1) is 9.34. The van der Waals surface area contributed by atoms with E-state index in [2.05, 4.69) is 14.9 Å². The monoisotopic (exact) mass is 337 g/mol. The molecule has 0 bridgehead atoms. The van der Waals surface area contributed by atoms with Crippen LogP contribution in [-0.2, 0) is 10.0 Å². The van der Waals surface area contributed by atoms with E-state index in [1.54, 1.807) is 0 Å². The van der Waals surface area contributed by atoms with Crippen LogP contribution in [0.3, 0.4) is 0 Å². The minimum atomic E-state index is -5.59. The maximum atomic E-state index is 12.8. The number of pyridine rings is 1. The number of nitro groups is 1. The van der Waals surface area contributed by atoms with E-state index < -0.39 is 49.8 Å². The number of hydrogen-bond acceptors (Lipinski definition) is 6. The molecule has 0 spiro atoms. The molecule has 1 aromatic heterocycles. The van der Waals surface area contributed by atoms with E-state index in [1.807, 2.05) is 0 Å². The standard InChI is InChI=1S/C7H4F5N3O5S/c8-5(9)3-4(20-7(10,11)12)2(21(13,18)19)1-14-6(3)15(16)17/h1,5H,(H2,13,18,19). The second-order valence-corrected chi connectivity index (χ2v) is 4.87. The Kier molecular flexibility index (Phi) is 4.33. The highest BCUT2D eigenvalue weighted by molar-refractivity contribution is 7.89. The van der Waals surface area contributed by atoms with Gasteiger partial charge >= 0.3 is 12.2 Å². The van der Waals surface area contributed by atoms with Crippen molar-refractivity contribution in [2.45, 2.75) is 17.7 Å². The third-order valence-electron chi connectivity index (χ3n) is 1.93. The van der Waals surface area contributed by atoms with Crippen molar-refractivity contribution in [2.24, 2.45) is 5.14 Å². The number of hydrogen-bond donors (Lipinski definition) is 1.